The summed E-state index contributed by atoms with van der Waals surface area (Å²) in [5, 5.41) is 11.6. The van der Waals surface area contributed by atoms with E-state index < -0.39 is 6.10 Å². The molecule has 3 heteroatoms. The second-order valence-corrected chi connectivity index (χ2v) is 6.51. The van der Waals surface area contributed by atoms with Crippen LogP contribution in [0.5, 0.6) is 0 Å². The molecule has 0 aromatic carbocycles. The molecule has 1 unspecified atom stereocenters. The fraction of sp³-hybridized carbons (Fsp3) is 0.647. The molecule has 0 aliphatic carbocycles. The molecule has 116 valence electrons. The van der Waals surface area contributed by atoms with Crippen molar-refractivity contribution in [3.05, 3.63) is 37.0 Å². The van der Waals surface area contributed by atoms with Gasteiger partial charge in [-0.3, -0.25) is 4.84 Å². The molecular formula is C17H31NO2. The highest BCUT2D eigenvalue weighted by atomic mass is 16.7. The van der Waals surface area contributed by atoms with Crippen LogP contribution >= 0.6 is 0 Å². The van der Waals surface area contributed by atoms with E-state index >= 15 is 0 Å². The Kier molecular flexibility index (Phi) is 7.42. The number of nitrogens with zero attached hydrogens (tertiary/aromatic N) is 1. The van der Waals surface area contributed by atoms with Gasteiger partial charge in [0.15, 0.2) is 0 Å². The van der Waals surface area contributed by atoms with Gasteiger partial charge in [-0.15, -0.1) is 0 Å². The summed E-state index contributed by atoms with van der Waals surface area (Å²) in [5.41, 5.74) is 0.517. The predicted octanol–water partition coefficient (Wildman–Crippen LogP) is 3.87. The first kappa shape index (κ1) is 19.1. The van der Waals surface area contributed by atoms with E-state index in [0.29, 0.717) is 0 Å². The molecule has 1 atom stereocenters. The van der Waals surface area contributed by atoms with Crippen molar-refractivity contribution in [3.63, 3.8) is 0 Å². The second kappa shape index (κ2) is 7.77. The van der Waals surface area contributed by atoms with Gasteiger partial charge in [0.05, 0.1) is 6.61 Å². The van der Waals surface area contributed by atoms with Crippen molar-refractivity contribution in [2.45, 2.75) is 65.1 Å². The first-order valence-electron chi connectivity index (χ1n) is 7.17. The van der Waals surface area contributed by atoms with Crippen LogP contribution in [0.25, 0.3) is 0 Å². The number of hydroxylamine groups is 2. The molecule has 0 spiro atoms. The number of hydrogen-bond donors (Lipinski definition) is 1. The van der Waals surface area contributed by atoms with E-state index in [0.717, 1.165) is 12.0 Å². The number of aliphatic hydroxyl groups is 1. The molecule has 0 rings (SSSR count). The topological polar surface area (TPSA) is 32.7 Å². The molecule has 0 fully saturated rings. The zero-order valence-corrected chi connectivity index (χ0v) is 13.9. The van der Waals surface area contributed by atoms with E-state index in [-0.39, 0.29) is 17.7 Å². The van der Waals surface area contributed by atoms with Crippen molar-refractivity contribution in [2.24, 2.45) is 0 Å². The molecule has 0 aliphatic rings. The summed E-state index contributed by atoms with van der Waals surface area (Å²) in [7, 11) is 0. The lowest BCUT2D eigenvalue weighted by Crippen LogP contribution is -2.55. The Balaban J connectivity index is 5.38. The summed E-state index contributed by atoms with van der Waals surface area (Å²) in [6.45, 7) is 20.1. The van der Waals surface area contributed by atoms with Crippen molar-refractivity contribution in [2.75, 3.05) is 6.61 Å². The highest BCUT2D eigenvalue weighted by molar-refractivity contribution is 5.25. The smallest absolute Gasteiger partial charge is 0.127 e. The number of allylic oxidation sites excluding steroid dienone is 2. The van der Waals surface area contributed by atoms with Crippen molar-refractivity contribution in [3.8, 4) is 0 Å². The summed E-state index contributed by atoms with van der Waals surface area (Å²) in [5.74, 6) is 0. The SMILES string of the molecule is C=C/C=C(\C=C)C(CO)ON(C(C)(C)C)C(C)(C)CC. The Morgan fingerprint density at radius 2 is 1.80 bits per heavy atom. The third-order valence-electron chi connectivity index (χ3n) is 3.34. The van der Waals surface area contributed by atoms with Crippen LogP contribution in [-0.4, -0.2) is 34.0 Å². The first-order valence-corrected chi connectivity index (χ1v) is 7.17. The Morgan fingerprint density at radius 3 is 2.10 bits per heavy atom. The summed E-state index contributed by atoms with van der Waals surface area (Å²) < 4.78 is 0. The van der Waals surface area contributed by atoms with Crippen molar-refractivity contribution < 1.29 is 9.94 Å². The van der Waals surface area contributed by atoms with Gasteiger partial charge in [0.2, 0.25) is 0 Å². The summed E-state index contributed by atoms with van der Waals surface area (Å²) in [6.07, 6.45) is 5.69. The second-order valence-electron chi connectivity index (χ2n) is 6.51. The minimum Gasteiger partial charge on any atom is -0.393 e. The normalized spacial score (nSPS) is 15.3. The van der Waals surface area contributed by atoms with Gasteiger partial charge in [-0.05, 0) is 46.6 Å². The molecule has 20 heavy (non-hydrogen) atoms. The third kappa shape index (κ3) is 5.23. The van der Waals surface area contributed by atoms with Crippen LogP contribution in [0.1, 0.15) is 48.0 Å². The highest BCUT2D eigenvalue weighted by Crippen LogP contribution is 2.30. The van der Waals surface area contributed by atoms with Crippen LogP contribution in [0.4, 0.5) is 0 Å². The molecule has 0 aromatic heterocycles. The Bertz CT molecular complexity index is 350. The van der Waals surface area contributed by atoms with Gasteiger partial charge >= 0.3 is 0 Å². The largest absolute Gasteiger partial charge is 0.393 e. The van der Waals surface area contributed by atoms with Crippen LogP contribution in [0.3, 0.4) is 0 Å². The molecule has 0 heterocycles. The summed E-state index contributed by atoms with van der Waals surface area (Å²) in [4.78, 5) is 6.12. The van der Waals surface area contributed by atoms with Gasteiger partial charge in [0, 0.05) is 11.1 Å². The van der Waals surface area contributed by atoms with Crippen molar-refractivity contribution in [1.29, 1.82) is 0 Å². The van der Waals surface area contributed by atoms with E-state index in [1.54, 1.807) is 12.2 Å². The van der Waals surface area contributed by atoms with Gasteiger partial charge in [0.25, 0.3) is 0 Å². The molecule has 0 aliphatic heterocycles. The van der Waals surface area contributed by atoms with Crippen LogP contribution < -0.4 is 0 Å². The number of aliphatic hydroxyl groups excluding tert-OH is 1. The quantitative estimate of drug-likeness (QED) is 0.541. The van der Waals surface area contributed by atoms with Gasteiger partial charge < -0.3 is 5.11 Å². The third-order valence-corrected chi connectivity index (χ3v) is 3.34. The average Bonchev–Trinajstić information content (AvgIpc) is 2.36. The summed E-state index contributed by atoms with van der Waals surface area (Å²) >= 11 is 0. The molecule has 0 bridgehead atoms. The molecule has 3 nitrogen and oxygen atoms in total. The lowest BCUT2D eigenvalue weighted by molar-refractivity contribution is -0.284. The maximum Gasteiger partial charge on any atom is 0.127 e. The average molecular weight is 281 g/mol. The molecule has 0 aromatic rings. The van der Waals surface area contributed by atoms with E-state index in [4.69, 9.17) is 4.84 Å². The molecule has 0 radical (unpaired) electrons. The van der Waals surface area contributed by atoms with Crippen molar-refractivity contribution >= 4 is 0 Å². The maximum absolute atomic E-state index is 9.63. The van der Waals surface area contributed by atoms with Gasteiger partial charge in [-0.25, -0.2) is 0 Å². The number of rotatable bonds is 8. The van der Waals surface area contributed by atoms with Crippen LogP contribution in [0, 0.1) is 0 Å². The summed E-state index contributed by atoms with van der Waals surface area (Å²) in [6, 6.07) is 0. The lowest BCUT2D eigenvalue weighted by Gasteiger charge is -2.46. The lowest BCUT2D eigenvalue weighted by atomic mass is 9.95. The molecule has 0 saturated carbocycles. The van der Waals surface area contributed by atoms with Crippen LogP contribution in [0.15, 0.2) is 37.0 Å². The highest BCUT2D eigenvalue weighted by Gasteiger charge is 2.37. The van der Waals surface area contributed by atoms with Crippen LogP contribution in [0.2, 0.25) is 0 Å². The van der Waals surface area contributed by atoms with E-state index in [2.05, 4.69) is 54.7 Å². The van der Waals surface area contributed by atoms with Crippen molar-refractivity contribution in [1.82, 2.24) is 5.06 Å². The first-order chi connectivity index (χ1) is 9.13. The standard InChI is InChI=1S/C17H31NO2/c1-9-12-14(10-2)15(13-19)20-18(16(4,5)6)17(7,8)11-3/h9-10,12,15,19H,1-2,11,13H2,3-8H3/b14-12+. The predicted molar refractivity (Wildman–Crippen MR) is 86.4 cm³/mol. The van der Waals surface area contributed by atoms with E-state index in [9.17, 15) is 5.11 Å². The zero-order valence-electron chi connectivity index (χ0n) is 13.9. The van der Waals surface area contributed by atoms with Gasteiger partial charge in [-0.1, -0.05) is 38.3 Å². The Hall–Kier alpha value is -0.900. The Morgan fingerprint density at radius 1 is 1.25 bits per heavy atom. The van der Waals surface area contributed by atoms with Crippen LogP contribution in [-0.2, 0) is 4.84 Å². The minimum absolute atomic E-state index is 0.0991. The zero-order chi connectivity index (χ0) is 16.0. The molecule has 0 amide bonds. The Labute approximate surface area is 124 Å². The van der Waals surface area contributed by atoms with Gasteiger partial charge in [-0.2, -0.15) is 5.06 Å². The monoisotopic (exact) mass is 281 g/mol. The van der Waals surface area contributed by atoms with E-state index in [1.165, 1.54) is 0 Å². The molecule has 0 saturated heterocycles. The molecule has 1 N–H and O–H groups in total. The fourth-order valence-corrected chi connectivity index (χ4v) is 2.12. The van der Waals surface area contributed by atoms with Gasteiger partial charge in [0.1, 0.15) is 6.10 Å². The van der Waals surface area contributed by atoms with E-state index in [1.807, 2.05) is 11.1 Å². The number of hydrogen-bond acceptors (Lipinski definition) is 3. The fourth-order valence-electron chi connectivity index (χ4n) is 2.12. The maximum atomic E-state index is 9.63. The molecular weight excluding hydrogens is 250 g/mol. The minimum atomic E-state index is -0.435.